The minimum atomic E-state index is -0.0298. The van der Waals surface area contributed by atoms with Crippen LogP contribution in [0.3, 0.4) is 0 Å². The fourth-order valence-electron chi connectivity index (χ4n) is 12.7. The van der Waals surface area contributed by atoms with E-state index in [1.807, 2.05) is 0 Å². The monoisotopic (exact) mass is 668 g/mol. The van der Waals surface area contributed by atoms with Gasteiger partial charge >= 0.3 is 0 Å². The Bertz CT molecular complexity index is 2250. The number of hydrogen-bond acceptors (Lipinski definition) is 0. The predicted octanol–water partition coefficient (Wildman–Crippen LogP) is 14.2. The van der Waals surface area contributed by atoms with Crippen molar-refractivity contribution in [3.8, 4) is 11.1 Å². The van der Waals surface area contributed by atoms with Crippen molar-refractivity contribution in [2.75, 3.05) is 0 Å². The van der Waals surface area contributed by atoms with E-state index in [0.717, 1.165) is 25.7 Å². The minimum Gasteiger partial charge on any atom is -0.0842 e. The fraction of sp³-hybridized carbons (Fsp3) is 0.412. The maximum absolute atomic E-state index is 2.74. The van der Waals surface area contributed by atoms with Crippen LogP contribution in [0.2, 0.25) is 0 Å². The lowest BCUT2D eigenvalue weighted by Crippen LogP contribution is -2.68. The highest BCUT2D eigenvalue weighted by atomic mass is 14.8. The number of allylic oxidation sites excluding steroid dienone is 7. The van der Waals surface area contributed by atoms with Gasteiger partial charge < -0.3 is 0 Å². The topological polar surface area (TPSA) is 0 Å². The second kappa shape index (κ2) is 10.8. The van der Waals surface area contributed by atoms with Gasteiger partial charge in [-0.2, -0.15) is 0 Å². The molecule has 51 heavy (non-hydrogen) atoms. The Labute approximate surface area is 307 Å². The molecule has 0 aromatic heterocycles. The third-order valence-electron chi connectivity index (χ3n) is 16.6. The van der Waals surface area contributed by atoms with Gasteiger partial charge in [0.2, 0.25) is 0 Å². The van der Waals surface area contributed by atoms with Crippen LogP contribution in [0.4, 0.5) is 0 Å². The molecule has 0 heteroatoms. The van der Waals surface area contributed by atoms with Gasteiger partial charge in [-0.15, -0.1) is 0 Å². The average Bonchev–Trinajstić information content (AvgIpc) is 3.67. The van der Waals surface area contributed by atoms with Crippen LogP contribution in [0, 0.1) is 33.0 Å². The lowest BCUT2D eigenvalue weighted by molar-refractivity contribution is -0.185. The first-order valence-corrected chi connectivity index (χ1v) is 19.9. The van der Waals surface area contributed by atoms with Gasteiger partial charge in [0.25, 0.3) is 0 Å². The second-order valence-electron chi connectivity index (χ2n) is 18.6. The number of fused-ring (bicyclic) bond motifs is 8. The molecule has 4 atom stereocenters. The van der Waals surface area contributed by atoms with Gasteiger partial charge in [-0.05, 0) is 109 Å². The standard InChI is InChI=1S/C51H56/c1-10-19-34-31-40-38(37-25-17-22-32-20-11-13-23-35(32)37)26-18-27-39(40)43(34)46-45-41-30-33-21-12-14-24-36(33)44(41)42-28-15-16-29-50(42,8)51(45,9)49(6,7)48(4,5)47(46,2)3/h11-15,17-18,20-28,31,43,46H,10,16,19,29-30H2,1-9H3. The molecular formula is C51H56. The summed E-state index contributed by atoms with van der Waals surface area (Å²) in [5.41, 5.74) is 17.1. The normalized spacial score (nSPS) is 29.3. The third-order valence-corrected chi connectivity index (χ3v) is 16.6. The Kier molecular flexibility index (Phi) is 6.99. The maximum Gasteiger partial charge on any atom is 0.0129 e. The van der Waals surface area contributed by atoms with E-state index in [-0.39, 0.29) is 27.1 Å². The van der Waals surface area contributed by atoms with Crippen molar-refractivity contribution in [3.05, 3.63) is 142 Å². The first kappa shape index (κ1) is 33.0. The van der Waals surface area contributed by atoms with Gasteiger partial charge in [0.15, 0.2) is 0 Å². The summed E-state index contributed by atoms with van der Waals surface area (Å²) in [4.78, 5) is 0. The number of benzene rings is 4. The van der Waals surface area contributed by atoms with E-state index in [1.165, 1.54) is 45.0 Å². The summed E-state index contributed by atoms with van der Waals surface area (Å²) in [5, 5.41) is 2.66. The molecule has 0 bridgehead atoms. The summed E-state index contributed by atoms with van der Waals surface area (Å²) in [6.45, 7) is 23.7. The molecular weight excluding hydrogens is 613 g/mol. The van der Waals surface area contributed by atoms with Crippen LogP contribution < -0.4 is 0 Å². The smallest absolute Gasteiger partial charge is 0.0129 e. The summed E-state index contributed by atoms with van der Waals surface area (Å²) in [7, 11) is 0. The Hall–Kier alpha value is -3.90. The Morgan fingerprint density at radius 1 is 0.706 bits per heavy atom. The molecule has 9 rings (SSSR count). The van der Waals surface area contributed by atoms with E-state index >= 15 is 0 Å². The lowest BCUT2D eigenvalue weighted by Gasteiger charge is -2.75. The summed E-state index contributed by atoms with van der Waals surface area (Å²) in [6.07, 6.45) is 13.4. The molecule has 4 aromatic rings. The molecule has 4 aromatic carbocycles. The second-order valence-corrected chi connectivity index (χ2v) is 18.6. The minimum absolute atomic E-state index is 0.0190. The molecule has 4 unspecified atom stereocenters. The van der Waals surface area contributed by atoms with Crippen molar-refractivity contribution in [1.29, 1.82) is 0 Å². The molecule has 1 saturated carbocycles. The van der Waals surface area contributed by atoms with E-state index in [2.05, 4.69) is 165 Å². The van der Waals surface area contributed by atoms with E-state index in [0.29, 0.717) is 11.8 Å². The zero-order valence-electron chi connectivity index (χ0n) is 32.5. The SMILES string of the molecule is CCCC1=Cc2c(-c3cccc4ccccc34)cccc2C1C1C2=C3Cc4ccccc4C3=C3C=CCCC3(C)C2(C)C(C)(C)C(C)(C)C1(C)C. The van der Waals surface area contributed by atoms with Crippen molar-refractivity contribution < 1.29 is 0 Å². The van der Waals surface area contributed by atoms with Gasteiger partial charge in [-0.1, -0.05) is 183 Å². The molecule has 1 fully saturated rings. The summed E-state index contributed by atoms with van der Waals surface area (Å²) < 4.78 is 0. The zero-order valence-corrected chi connectivity index (χ0v) is 32.5. The molecule has 0 aliphatic heterocycles. The van der Waals surface area contributed by atoms with Crippen molar-refractivity contribution >= 4 is 22.4 Å². The first-order chi connectivity index (χ1) is 24.3. The van der Waals surface area contributed by atoms with Gasteiger partial charge in [0, 0.05) is 16.7 Å². The van der Waals surface area contributed by atoms with Crippen LogP contribution in [0.1, 0.15) is 116 Å². The highest BCUT2D eigenvalue weighted by Gasteiger charge is 2.73. The van der Waals surface area contributed by atoms with Gasteiger partial charge in [-0.25, -0.2) is 0 Å². The van der Waals surface area contributed by atoms with Crippen LogP contribution in [-0.4, -0.2) is 0 Å². The van der Waals surface area contributed by atoms with Crippen LogP contribution in [0.15, 0.2) is 119 Å². The van der Waals surface area contributed by atoms with Crippen molar-refractivity contribution in [3.63, 3.8) is 0 Å². The molecule has 0 amide bonds. The maximum atomic E-state index is 2.74. The molecule has 0 spiro atoms. The molecule has 5 aliphatic carbocycles. The van der Waals surface area contributed by atoms with E-state index in [4.69, 9.17) is 0 Å². The van der Waals surface area contributed by atoms with Crippen LogP contribution >= 0.6 is 0 Å². The summed E-state index contributed by atoms with van der Waals surface area (Å²) in [6, 6.07) is 32.5. The molecule has 0 nitrogen and oxygen atoms in total. The first-order valence-electron chi connectivity index (χ1n) is 19.9. The third kappa shape index (κ3) is 3.93. The summed E-state index contributed by atoms with van der Waals surface area (Å²) in [5.74, 6) is 0.715. The van der Waals surface area contributed by atoms with Gasteiger partial charge in [0.1, 0.15) is 0 Å². The Morgan fingerprint density at radius 2 is 1.39 bits per heavy atom. The van der Waals surface area contributed by atoms with E-state index < -0.39 is 0 Å². The lowest BCUT2D eigenvalue weighted by atomic mass is 9.29. The molecule has 0 heterocycles. The van der Waals surface area contributed by atoms with Crippen LogP contribution in [0.5, 0.6) is 0 Å². The molecule has 0 radical (unpaired) electrons. The molecule has 5 aliphatic rings. The molecule has 260 valence electrons. The van der Waals surface area contributed by atoms with E-state index in [9.17, 15) is 0 Å². The number of rotatable bonds is 4. The van der Waals surface area contributed by atoms with Crippen molar-refractivity contribution in [2.24, 2.45) is 33.0 Å². The predicted molar refractivity (Wildman–Crippen MR) is 219 cm³/mol. The Morgan fingerprint density at radius 3 is 2.20 bits per heavy atom. The largest absolute Gasteiger partial charge is 0.0842 e. The Balaban J connectivity index is 1.37. The van der Waals surface area contributed by atoms with Crippen LogP contribution in [0.25, 0.3) is 33.5 Å². The summed E-state index contributed by atoms with van der Waals surface area (Å²) >= 11 is 0. The highest BCUT2D eigenvalue weighted by Crippen LogP contribution is 2.81. The average molecular weight is 669 g/mol. The zero-order chi connectivity index (χ0) is 35.7. The van der Waals surface area contributed by atoms with Crippen LogP contribution in [-0.2, 0) is 6.42 Å². The fourth-order valence-corrected chi connectivity index (χ4v) is 12.7. The van der Waals surface area contributed by atoms with Gasteiger partial charge in [-0.3, -0.25) is 0 Å². The van der Waals surface area contributed by atoms with Crippen molar-refractivity contribution in [1.82, 2.24) is 0 Å². The molecule has 0 N–H and O–H groups in total. The molecule has 0 saturated heterocycles. The highest BCUT2D eigenvalue weighted by molar-refractivity contribution is 5.99. The van der Waals surface area contributed by atoms with Gasteiger partial charge in [0.05, 0.1) is 0 Å². The van der Waals surface area contributed by atoms with E-state index in [1.54, 1.807) is 33.4 Å². The van der Waals surface area contributed by atoms with Crippen molar-refractivity contribution in [2.45, 2.75) is 100 Å². The quantitative estimate of drug-likeness (QED) is 0.203. The number of hydrogen-bond donors (Lipinski definition) is 0.